The Balaban J connectivity index is 1.59. The summed E-state index contributed by atoms with van der Waals surface area (Å²) in [5.41, 5.74) is 2.62. The van der Waals surface area contributed by atoms with E-state index in [0.717, 1.165) is 18.4 Å². The molecule has 0 spiro atoms. The van der Waals surface area contributed by atoms with E-state index in [1.165, 1.54) is 35.7 Å². The van der Waals surface area contributed by atoms with Crippen molar-refractivity contribution in [2.45, 2.75) is 45.7 Å². The molecule has 1 aromatic heterocycles. The molecule has 0 radical (unpaired) electrons. The number of hydrogen-bond donors (Lipinski definition) is 2. The van der Waals surface area contributed by atoms with Gasteiger partial charge in [0, 0.05) is 24.3 Å². The molecule has 0 saturated heterocycles. The number of nitrogens with one attached hydrogen (secondary N) is 2. The monoisotopic (exact) mass is 256 g/mol. The van der Waals surface area contributed by atoms with Crippen molar-refractivity contribution in [3.8, 4) is 0 Å². The first-order valence-corrected chi connectivity index (χ1v) is 7.52. The average molecular weight is 256 g/mol. The summed E-state index contributed by atoms with van der Waals surface area (Å²) in [5.74, 6) is 1.76. The first-order chi connectivity index (χ1) is 9.22. The van der Waals surface area contributed by atoms with Crippen LogP contribution in [-0.2, 0) is 6.54 Å². The zero-order valence-corrected chi connectivity index (χ0v) is 11.9. The van der Waals surface area contributed by atoms with Crippen molar-refractivity contribution >= 4 is 10.9 Å². The fraction of sp³-hybridized carbons (Fsp3) is 0.529. The summed E-state index contributed by atoms with van der Waals surface area (Å²) >= 11 is 0. The van der Waals surface area contributed by atoms with Gasteiger partial charge in [-0.1, -0.05) is 26.0 Å². The summed E-state index contributed by atoms with van der Waals surface area (Å²) in [6.45, 7) is 5.77. The lowest BCUT2D eigenvalue weighted by Gasteiger charge is -2.32. The molecular formula is C17H24N2. The Hall–Kier alpha value is -1.28. The fourth-order valence-corrected chi connectivity index (χ4v) is 3.20. The molecule has 1 saturated carbocycles. The molecule has 2 N–H and O–H groups in total. The van der Waals surface area contributed by atoms with Gasteiger partial charge in [0.05, 0.1) is 0 Å². The zero-order valence-electron chi connectivity index (χ0n) is 11.9. The van der Waals surface area contributed by atoms with Crippen LogP contribution in [0.1, 0.15) is 38.7 Å². The molecule has 1 aliphatic carbocycles. The van der Waals surface area contributed by atoms with E-state index in [4.69, 9.17) is 0 Å². The topological polar surface area (TPSA) is 27.8 Å². The van der Waals surface area contributed by atoms with Crippen molar-refractivity contribution in [1.29, 1.82) is 0 Å². The van der Waals surface area contributed by atoms with Gasteiger partial charge in [0.25, 0.3) is 0 Å². The highest BCUT2D eigenvalue weighted by Gasteiger charge is 2.23. The van der Waals surface area contributed by atoms with Gasteiger partial charge in [-0.3, -0.25) is 0 Å². The van der Waals surface area contributed by atoms with E-state index in [-0.39, 0.29) is 0 Å². The van der Waals surface area contributed by atoms with Crippen LogP contribution in [0.15, 0.2) is 30.5 Å². The second kappa shape index (κ2) is 5.38. The zero-order chi connectivity index (χ0) is 13.2. The van der Waals surface area contributed by atoms with Crippen molar-refractivity contribution in [1.82, 2.24) is 10.3 Å². The number of benzene rings is 1. The molecule has 3 unspecified atom stereocenters. The number of rotatable bonds is 3. The minimum Gasteiger partial charge on any atom is -0.361 e. The maximum Gasteiger partial charge on any atom is 0.0457 e. The fourth-order valence-electron chi connectivity index (χ4n) is 3.20. The molecule has 1 aromatic carbocycles. The first kappa shape index (κ1) is 12.7. The van der Waals surface area contributed by atoms with Crippen LogP contribution in [0, 0.1) is 11.8 Å². The number of H-pyrrole nitrogens is 1. The van der Waals surface area contributed by atoms with Gasteiger partial charge in [0.1, 0.15) is 0 Å². The van der Waals surface area contributed by atoms with Gasteiger partial charge in [0.2, 0.25) is 0 Å². The average Bonchev–Trinajstić information content (AvgIpc) is 2.87. The Labute approximate surface area is 115 Å². The minimum atomic E-state index is 0.700. The molecule has 2 heteroatoms. The Morgan fingerprint density at radius 1 is 1.16 bits per heavy atom. The standard InChI is InChI=1S/C17H24N2/c1-12-3-6-16(9-13(12)2)19-11-14-4-5-15-7-8-18-17(15)10-14/h4-5,7-8,10,12-13,16,18-19H,3,6,9,11H2,1-2H3. The summed E-state index contributed by atoms with van der Waals surface area (Å²) in [4.78, 5) is 3.28. The third-order valence-corrected chi connectivity index (χ3v) is 4.81. The van der Waals surface area contributed by atoms with E-state index < -0.39 is 0 Å². The van der Waals surface area contributed by atoms with Crippen molar-refractivity contribution < 1.29 is 0 Å². The van der Waals surface area contributed by atoms with Crippen molar-refractivity contribution in [2.24, 2.45) is 11.8 Å². The van der Waals surface area contributed by atoms with E-state index in [1.807, 2.05) is 6.20 Å². The molecule has 0 amide bonds. The Morgan fingerprint density at radius 3 is 2.89 bits per heavy atom. The van der Waals surface area contributed by atoms with Crippen molar-refractivity contribution in [3.63, 3.8) is 0 Å². The highest BCUT2D eigenvalue weighted by Crippen LogP contribution is 2.29. The summed E-state index contributed by atoms with van der Waals surface area (Å²) in [7, 11) is 0. The smallest absolute Gasteiger partial charge is 0.0457 e. The molecule has 1 heterocycles. The molecule has 2 nitrogen and oxygen atoms in total. The number of aromatic nitrogens is 1. The van der Waals surface area contributed by atoms with Crippen LogP contribution in [0.25, 0.3) is 10.9 Å². The molecule has 102 valence electrons. The predicted octanol–water partition coefficient (Wildman–Crippen LogP) is 4.08. The van der Waals surface area contributed by atoms with Crippen LogP contribution in [0.2, 0.25) is 0 Å². The lowest BCUT2D eigenvalue weighted by atomic mass is 9.79. The second-order valence-corrected chi connectivity index (χ2v) is 6.24. The molecule has 2 aromatic rings. The molecule has 19 heavy (non-hydrogen) atoms. The van der Waals surface area contributed by atoms with E-state index in [1.54, 1.807) is 0 Å². The number of hydrogen-bond acceptors (Lipinski definition) is 1. The summed E-state index contributed by atoms with van der Waals surface area (Å²) in [5, 5.41) is 5.03. The van der Waals surface area contributed by atoms with Crippen LogP contribution in [0.5, 0.6) is 0 Å². The second-order valence-electron chi connectivity index (χ2n) is 6.24. The van der Waals surface area contributed by atoms with Crippen LogP contribution in [0.4, 0.5) is 0 Å². The van der Waals surface area contributed by atoms with Crippen LogP contribution >= 0.6 is 0 Å². The largest absolute Gasteiger partial charge is 0.361 e. The van der Waals surface area contributed by atoms with Gasteiger partial charge in [0.15, 0.2) is 0 Å². The highest BCUT2D eigenvalue weighted by atomic mass is 14.9. The van der Waals surface area contributed by atoms with Gasteiger partial charge in [-0.05, 0) is 54.2 Å². The molecule has 1 fully saturated rings. The first-order valence-electron chi connectivity index (χ1n) is 7.52. The van der Waals surface area contributed by atoms with Gasteiger partial charge >= 0.3 is 0 Å². The normalized spacial score (nSPS) is 27.8. The van der Waals surface area contributed by atoms with E-state index in [9.17, 15) is 0 Å². The van der Waals surface area contributed by atoms with Crippen LogP contribution < -0.4 is 5.32 Å². The van der Waals surface area contributed by atoms with E-state index in [2.05, 4.69) is 48.4 Å². The van der Waals surface area contributed by atoms with E-state index >= 15 is 0 Å². The van der Waals surface area contributed by atoms with E-state index in [0.29, 0.717) is 6.04 Å². The quantitative estimate of drug-likeness (QED) is 0.850. The molecule has 0 aliphatic heterocycles. The summed E-state index contributed by atoms with van der Waals surface area (Å²) in [6, 6.07) is 9.52. The lowest BCUT2D eigenvalue weighted by molar-refractivity contribution is 0.225. The third-order valence-electron chi connectivity index (χ3n) is 4.81. The van der Waals surface area contributed by atoms with Gasteiger partial charge in [-0.15, -0.1) is 0 Å². The maximum atomic E-state index is 3.73. The Bertz CT molecular complexity index is 543. The van der Waals surface area contributed by atoms with Gasteiger partial charge < -0.3 is 10.3 Å². The van der Waals surface area contributed by atoms with Crippen LogP contribution in [-0.4, -0.2) is 11.0 Å². The van der Waals surface area contributed by atoms with Crippen molar-refractivity contribution in [3.05, 3.63) is 36.0 Å². The minimum absolute atomic E-state index is 0.700. The van der Waals surface area contributed by atoms with Gasteiger partial charge in [-0.2, -0.15) is 0 Å². The SMILES string of the molecule is CC1CCC(NCc2ccc3cc[nH]c3c2)CC1C. The maximum absolute atomic E-state index is 3.73. The lowest BCUT2D eigenvalue weighted by Crippen LogP contribution is -2.35. The van der Waals surface area contributed by atoms with Gasteiger partial charge in [-0.25, -0.2) is 0 Å². The molecule has 0 bridgehead atoms. The number of fused-ring (bicyclic) bond motifs is 1. The summed E-state index contributed by atoms with van der Waals surface area (Å²) < 4.78 is 0. The Morgan fingerprint density at radius 2 is 2.05 bits per heavy atom. The Kier molecular flexibility index (Phi) is 3.61. The van der Waals surface area contributed by atoms with Crippen molar-refractivity contribution in [2.75, 3.05) is 0 Å². The van der Waals surface area contributed by atoms with Crippen LogP contribution in [0.3, 0.4) is 0 Å². The molecule has 3 atom stereocenters. The predicted molar refractivity (Wildman–Crippen MR) is 81.1 cm³/mol. The highest BCUT2D eigenvalue weighted by molar-refractivity contribution is 5.79. The molecule has 1 aliphatic rings. The molecule has 3 rings (SSSR count). The molecular weight excluding hydrogens is 232 g/mol. The number of aromatic amines is 1. The third kappa shape index (κ3) is 2.84. The summed E-state index contributed by atoms with van der Waals surface area (Å²) in [6.07, 6.45) is 6.03.